The Labute approximate surface area is 111 Å². The van der Waals surface area contributed by atoms with Crippen LogP contribution in [-0.2, 0) is 9.47 Å². The predicted octanol–water partition coefficient (Wildman–Crippen LogP) is 2.24. The van der Waals surface area contributed by atoms with Crippen LogP contribution in [0.5, 0.6) is 0 Å². The highest BCUT2D eigenvalue weighted by Crippen LogP contribution is 2.29. The van der Waals surface area contributed by atoms with Gasteiger partial charge < -0.3 is 9.47 Å². The lowest BCUT2D eigenvalue weighted by molar-refractivity contribution is -0.0203. The van der Waals surface area contributed by atoms with Gasteiger partial charge in [-0.05, 0) is 39.2 Å². The third-order valence-electron chi connectivity index (χ3n) is 3.42. The molecule has 1 aliphatic carbocycles. The van der Waals surface area contributed by atoms with Crippen LogP contribution in [0.4, 0.5) is 0 Å². The lowest BCUT2D eigenvalue weighted by atomic mass is 9.81. The zero-order valence-electron chi connectivity index (χ0n) is 11.7. The van der Waals surface area contributed by atoms with Gasteiger partial charge in [0.15, 0.2) is 0 Å². The molecule has 1 fully saturated rings. The standard InChI is InChI=1S/C14H26N2O2/c1-3-8-16-14(12-15)7-5-6-13(11-14)18-10-9-17-4-2/h13,16H,3-11H2,1-2H3. The Morgan fingerprint density at radius 1 is 1.39 bits per heavy atom. The van der Waals surface area contributed by atoms with Crippen LogP contribution in [-0.4, -0.2) is 38.0 Å². The Morgan fingerprint density at radius 2 is 2.22 bits per heavy atom. The topological polar surface area (TPSA) is 54.3 Å². The van der Waals surface area contributed by atoms with Crippen LogP contribution < -0.4 is 5.32 Å². The van der Waals surface area contributed by atoms with Gasteiger partial charge >= 0.3 is 0 Å². The number of nitriles is 1. The summed E-state index contributed by atoms with van der Waals surface area (Å²) in [5, 5.41) is 12.8. The molecule has 1 saturated carbocycles. The molecule has 104 valence electrons. The lowest BCUT2D eigenvalue weighted by Gasteiger charge is -2.36. The highest BCUT2D eigenvalue weighted by atomic mass is 16.5. The van der Waals surface area contributed by atoms with Crippen LogP contribution in [0.25, 0.3) is 0 Å². The summed E-state index contributed by atoms with van der Waals surface area (Å²) >= 11 is 0. The fourth-order valence-corrected chi connectivity index (χ4v) is 2.45. The smallest absolute Gasteiger partial charge is 0.109 e. The minimum absolute atomic E-state index is 0.197. The second-order valence-corrected chi connectivity index (χ2v) is 4.91. The molecule has 4 heteroatoms. The van der Waals surface area contributed by atoms with E-state index in [4.69, 9.17) is 9.47 Å². The van der Waals surface area contributed by atoms with Crippen molar-refractivity contribution < 1.29 is 9.47 Å². The number of hydrogen-bond acceptors (Lipinski definition) is 4. The van der Waals surface area contributed by atoms with Gasteiger partial charge in [-0.1, -0.05) is 6.92 Å². The lowest BCUT2D eigenvalue weighted by Crippen LogP contribution is -2.49. The molecule has 0 radical (unpaired) electrons. The zero-order chi connectivity index (χ0) is 13.3. The molecular weight excluding hydrogens is 228 g/mol. The highest BCUT2D eigenvalue weighted by Gasteiger charge is 2.36. The van der Waals surface area contributed by atoms with Gasteiger partial charge in [0.1, 0.15) is 5.54 Å². The Kier molecular flexibility index (Phi) is 7.26. The maximum absolute atomic E-state index is 9.40. The minimum Gasteiger partial charge on any atom is -0.379 e. The van der Waals surface area contributed by atoms with Crippen molar-refractivity contribution in [2.45, 2.75) is 57.6 Å². The molecule has 0 saturated heterocycles. The van der Waals surface area contributed by atoms with Crippen molar-refractivity contribution in [2.24, 2.45) is 0 Å². The molecule has 2 unspecified atom stereocenters. The van der Waals surface area contributed by atoms with Crippen molar-refractivity contribution in [1.82, 2.24) is 5.32 Å². The van der Waals surface area contributed by atoms with Crippen molar-refractivity contribution in [3.63, 3.8) is 0 Å². The molecule has 0 aromatic carbocycles. The molecule has 0 aromatic heterocycles. The van der Waals surface area contributed by atoms with Crippen LogP contribution in [0, 0.1) is 11.3 Å². The number of rotatable bonds is 8. The average molecular weight is 254 g/mol. The maximum atomic E-state index is 9.40. The Bertz CT molecular complexity index is 265. The van der Waals surface area contributed by atoms with Gasteiger partial charge in [-0.3, -0.25) is 5.32 Å². The largest absolute Gasteiger partial charge is 0.379 e. The van der Waals surface area contributed by atoms with E-state index in [9.17, 15) is 5.26 Å². The first-order chi connectivity index (χ1) is 8.76. The van der Waals surface area contributed by atoms with Crippen molar-refractivity contribution in [1.29, 1.82) is 5.26 Å². The van der Waals surface area contributed by atoms with Crippen LogP contribution >= 0.6 is 0 Å². The number of nitrogens with one attached hydrogen (secondary N) is 1. The number of ether oxygens (including phenoxy) is 2. The molecular formula is C14H26N2O2. The van der Waals surface area contributed by atoms with Crippen LogP contribution in [0.2, 0.25) is 0 Å². The van der Waals surface area contributed by atoms with Gasteiger partial charge in [-0.15, -0.1) is 0 Å². The van der Waals surface area contributed by atoms with Crippen molar-refractivity contribution in [3.8, 4) is 6.07 Å². The molecule has 0 aromatic rings. The summed E-state index contributed by atoms with van der Waals surface area (Å²) in [6.07, 6.45) is 5.11. The Balaban J connectivity index is 2.36. The second kappa shape index (κ2) is 8.47. The maximum Gasteiger partial charge on any atom is 0.109 e. The summed E-state index contributed by atoms with van der Waals surface area (Å²) in [7, 11) is 0. The van der Waals surface area contributed by atoms with Gasteiger partial charge in [0.05, 0.1) is 25.4 Å². The normalized spacial score (nSPS) is 27.9. The first-order valence-corrected chi connectivity index (χ1v) is 7.12. The fraction of sp³-hybridized carbons (Fsp3) is 0.929. The van der Waals surface area contributed by atoms with Gasteiger partial charge in [-0.25, -0.2) is 0 Å². The number of hydrogen-bond donors (Lipinski definition) is 1. The molecule has 0 spiro atoms. The summed E-state index contributed by atoms with van der Waals surface area (Å²) in [6.45, 7) is 7.02. The minimum atomic E-state index is -0.370. The summed E-state index contributed by atoms with van der Waals surface area (Å²) in [5.41, 5.74) is -0.370. The quantitative estimate of drug-likeness (QED) is 0.675. The zero-order valence-corrected chi connectivity index (χ0v) is 11.7. The Hall–Kier alpha value is -0.630. The average Bonchev–Trinajstić information content (AvgIpc) is 2.42. The summed E-state index contributed by atoms with van der Waals surface area (Å²) in [4.78, 5) is 0. The van der Waals surface area contributed by atoms with Gasteiger partial charge in [0, 0.05) is 13.0 Å². The van der Waals surface area contributed by atoms with E-state index in [2.05, 4.69) is 18.3 Å². The molecule has 4 nitrogen and oxygen atoms in total. The molecule has 1 aliphatic rings. The summed E-state index contributed by atoms with van der Waals surface area (Å²) in [6, 6.07) is 2.46. The van der Waals surface area contributed by atoms with E-state index in [-0.39, 0.29) is 11.6 Å². The molecule has 0 aliphatic heterocycles. The van der Waals surface area contributed by atoms with E-state index in [0.29, 0.717) is 13.2 Å². The van der Waals surface area contributed by atoms with E-state index in [1.807, 2.05) is 6.92 Å². The van der Waals surface area contributed by atoms with E-state index in [1.165, 1.54) is 0 Å². The van der Waals surface area contributed by atoms with Crippen LogP contribution in [0.15, 0.2) is 0 Å². The van der Waals surface area contributed by atoms with E-state index < -0.39 is 0 Å². The molecule has 0 amide bonds. The van der Waals surface area contributed by atoms with Gasteiger partial charge in [0.2, 0.25) is 0 Å². The summed E-state index contributed by atoms with van der Waals surface area (Å²) < 4.78 is 11.1. The van der Waals surface area contributed by atoms with E-state index in [1.54, 1.807) is 0 Å². The SMILES string of the molecule is CCCNC1(C#N)CCCC(OCCOCC)C1. The highest BCUT2D eigenvalue weighted by molar-refractivity contribution is 5.10. The van der Waals surface area contributed by atoms with Crippen molar-refractivity contribution in [2.75, 3.05) is 26.4 Å². The van der Waals surface area contributed by atoms with Crippen molar-refractivity contribution in [3.05, 3.63) is 0 Å². The molecule has 1 rings (SSSR count). The molecule has 0 heterocycles. The third kappa shape index (κ3) is 4.93. The first kappa shape index (κ1) is 15.4. The summed E-state index contributed by atoms with van der Waals surface area (Å²) in [5.74, 6) is 0. The second-order valence-electron chi connectivity index (χ2n) is 4.91. The van der Waals surface area contributed by atoms with Crippen LogP contribution in [0.1, 0.15) is 46.0 Å². The number of nitrogens with zero attached hydrogens (tertiary/aromatic N) is 1. The van der Waals surface area contributed by atoms with Crippen molar-refractivity contribution >= 4 is 0 Å². The Morgan fingerprint density at radius 3 is 2.89 bits per heavy atom. The molecule has 1 N–H and O–H groups in total. The molecule has 18 heavy (non-hydrogen) atoms. The molecule has 0 bridgehead atoms. The third-order valence-corrected chi connectivity index (χ3v) is 3.42. The van der Waals surface area contributed by atoms with E-state index >= 15 is 0 Å². The van der Waals surface area contributed by atoms with E-state index in [0.717, 1.165) is 45.3 Å². The van der Waals surface area contributed by atoms with Crippen LogP contribution in [0.3, 0.4) is 0 Å². The van der Waals surface area contributed by atoms with Gasteiger partial charge in [-0.2, -0.15) is 5.26 Å². The fourth-order valence-electron chi connectivity index (χ4n) is 2.45. The predicted molar refractivity (Wildman–Crippen MR) is 71.3 cm³/mol. The monoisotopic (exact) mass is 254 g/mol. The van der Waals surface area contributed by atoms with Gasteiger partial charge in [0.25, 0.3) is 0 Å². The first-order valence-electron chi connectivity index (χ1n) is 7.12. The molecule has 2 atom stereocenters.